The van der Waals surface area contributed by atoms with Gasteiger partial charge < -0.3 is 9.47 Å². The number of carbonyl (C=O) groups is 1. The number of benzene rings is 1. The minimum atomic E-state index is -0.384. The minimum Gasteiger partial charge on any atom is -0.427 e. The van der Waals surface area contributed by atoms with Gasteiger partial charge in [-0.25, -0.2) is 0 Å². The van der Waals surface area contributed by atoms with Crippen LogP contribution in [0.1, 0.15) is 64.0 Å². The van der Waals surface area contributed by atoms with Crippen molar-refractivity contribution in [1.29, 1.82) is 0 Å². The van der Waals surface area contributed by atoms with Gasteiger partial charge in [0, 0.05) is 5.57 Å². The van der Waals surface area contributed by atoms with Crippen LogP contribution in [0, 0.1) is 12.3 Å². The highest BCUT2D eigenvalue weighted by molar-refractivity contribution is 5.79. The number of rotatable bonds is 3. The second kappa shape index (κ2) is 6.36. The van der Waals surface area contributed by atoms with Gasteiger partial charge in [-0.3, -0.25) is 4.79 Å². The number of carbonyl (C=O) groups excluding carboxylic acids is 1. The van der Waals surface area contributed by atoms with Gasteiger partial charge in [-0.2, -0.15) is 0 Å². The van der Waals surface area contributed by atoms with E-state index in [0.717, 1.165) is 42.6 Å². The number of ether oxygens (including phenoxy) is 2. The zero-order valence-corrected chi connectivity index (χ0v) is 15.3. The van der Waals surface area contributed by atoms with Gasteiger partial charge in [0.05, 0.1) is 13.0 Å². The van der Waals surface area contributed by atoms with E-state index >= 15 is 0 Å². The number of hydrogen-bond acceptors (Lipinski definition) is 3. The average Bonchev–Trinajstić information content (AvgIpc) is 3.08. The monoisotopic (exact) mass is 328 g/mol. The second-order valence-corrected chi connectivity index (χ2v) is 8.32. The number of hydrogen-bond donors (Lipinski definition) is 0. The summed E-state index contributed by atoms with van der Waals surface area (Å²) in [6, 6.07) is 8.26. The molecule has 1 aromatic carbocycles. The molecule has 0 aromatic heterocycles. The summed E-state index contributed by atoms with van der Waals surface area (Å²) >= 11 is 0. The molecule has 1 aliphatic carbocycles. The summed E-state index contributed by atoms with van der Waals surface area (Å²) in [6.45, 7) is 8.80. The third-order valence-corrected chi connectivity index (χ3v) is 4.95. The largest absolute Gasteiger partial charge is 0.427 e. The first-order valence-corrected chi connectivity index (χ1v) is 8.95. The zero-order chi connectivity index (χ0) is 17.4. The fraction of sp³-hybridized carbons (Fsp3) is 0.571. The average molecular weight is 328 g/mol. The van der Waals surface area contributed by atoms with E-state index in [1.165, 1.54) is 5.56 Å². The molecule has 0 N–H and O–H groups in total. The lowest BCUT2D eigenvalue weighted by Gasteiger charge is -2.26. The molecule has 130 valence electrons. The molecule has 1 saturated carbocycles. The highest BCUT2D eigenvalue weighted by atomic mass is 16.6. The summed E-state index contributed by atoms with van der Waals surface area (Å²) in [5.74, 6) is 0.629. The first-order valence-electron chi connectivity index (χ1n) is 8.95. The van der Waals surface area contributed by atoms with E-state index in [1.807, 2.05) is 12.1 Å². The quantitative estimate of drug-likeness (QED) is 0.730. The molecule has 1 fully saturated rings. The van der Waals surface area contributed by atoms with Crippen molar-refractivity contribution in [3.05, 3.63) is 41.2 Å². The number of esters is 1. The molecular formula is C21H28O3. The van der Waals surface area contributed by atoms with Crippen molar-refractivity contribution in [3.8, 4) is 0 Å². The molecule has 0 unspecified atom stereocenters. The lowest BCUT2D eigenvalue weighted by molar-refractivity contribution is -0.145. The van der Waals surface area contributed by atoms with Gasteiger partial charge in [0.25, 0.3) is 0 Å². The fourth-order valence-corrected chi connectivity index (χ4v) is 3.78. The summed E-state index contributed by atoms with van der Waals surface area (Å²) < 4.78 is 12.2. The molecule has 0 bridgehead atoms. The van der Waals surface area contributed by atoms with Crippen LogP contribution in [0.2, 0.25) is 0 Å². The van der Waals surface area contributed by atoms with E-state index in [-0.39, 0.29) is 17.0 Å². The summed E-state index contributed by atoms with van der Waals surface area (Å²) in [7, 11) is 0. The van der Waals surface area contributed by atoms with Gasteiger partial charge in [0.15, 0.2) is 0 Å². The van der Waals surface area contributed by atoms with E-state index in [2.05, 4.69) is 39.8 Å². The maximum atomic E-state index is 12.5. The van der Waals surface area contributed by atoms with Crippen molar-refractivity contribution >= 4 is 11.5 Å². The van der Waals surface area contributed by atoms with Gasteiger partial charge >= 0.3 is 5.97 Å². The normalized spacial score (nSPS) is 20.0. The Morgan fingerprint density at radius 1 is 1.21 bits per heavy atom. The second-order valence-electron chi connectivity index (χ2n) is 8.32. The Morgan fingerprint density at radius 2 is 1.88 bits per heavy atom. The summed E-state index contributed by atoms with van der Waals surface area (Å²) in [5.41, 5.74) is 2.92. The molecule has 1 aromatic rings. The Bertz CT molecular complexity index is 658. The lowest BCUT2D eigenvalue weighted by atomic mass is 9.91. The Morgan fingerprint density at radius 3 is 2.50 bits per heavy atom. The van der Waals surface area contributed by atoms with Crippen molar-refractivity contribution in [2.24, 2.45) is 5.41 Å². The Labute approximate surface area is 145 Å². The SMILES string of the molecule is Cc1ccccc1C1=C(OC(=O)CC(C)(C)C)C2(CCCC2)OC1. The van der Waals surface area contributed by atoms with Gasteiger partial charge in [0.2, 0.25) is 0 Å². The molecule has 0 atom stereocenters. The van der Waals surface area contributed by atoms with Crippen LogP contribution < -0.4 is 0 Å². The van der Waals surface area contributed by atoms with E-state index < -0.39 is 0 Å². The summed E-state index contributed by atoms with van der Waals surface area (Å²) in [4.78, 5) is 12.5. The summed E-state index contributed by atoms with van der Waals surface area (Å²) in [6.07, 6.45) is 4.55. The van der Waals surface area contributed by atoms with Crippen molar-refractivity contribution in [2.75, 3.05) is 6.61 Å². The molecule has 0 radical (unpaired) electrons. The fourth-order valence-electron chi connectivity index (χ4n) is 3.78. The van der Waals surface area contributed by atoms with Crippen molar-refractivity contribution in [2.45, 2.75) is 65.4 Å². The molecule has 3 nitrogen and oxygen atoms in total. The van der Waals surface area contributed by atoms with Crippen molar-refractivity contribution < 1.29 is 14.3 Å². The van der Waals surface area contributed by atoms with Crippen LogP contribution in [0.4, 0.5) is 0 Å². The van der Waals surface area contributed by atoms with Gasteiger partial charge in [-0.05, 0) is 49.1 Å². The standard InChI is InChI=1S/C21H28O3/c1-15-9-5-6-10-16(15)17-14-23-21(11-7-8-12-21)19(17)24-18(22)13-20(2,3)4/h5-6,9-10H,7-8,11-14H2,1-4H3. The highest BCUT2D eigenvalue weighted by Gasteiger charge is 2.47. The molecule has 1 aliphatic heterocycles. The van der Waals surface area contributed by atoms with Crippen LogP contribution in [0.25, 0.3) is 5.57 Å². The predicted molar refractivity (Wildman–Crippen MR) is 95.4 cm³/mol. The predicted octanol–water partition coefficient (Wildman–Crippen LogP) is 5.03. The minimum absolute atomic E-state index is 0.0806. The van der Waals surface area contributed by atoms with Crippen LogP contribution in [0.15, 0.2) is 30.0 Å². The lowest BCUT2D eigenvalue weighted by Crippen LogP contribution is -2.30. The Balaban J connectivity index is 1.97. The van der Waals surface area contributed by atoms with Crippen molar-refractivity contribution in [3.63, 3.8) is 0 Å². The molecule has 2 aliphatic rings. The van der Waals surface area contributed by atoms with E-state index in [4.69, 9.17) is 9.47 Å². The summed E-state index contributed by atoms with van der Waals surface area (Å²) in [5, 5.41) is 0. The van der Waals surface area contributed by atoms with Gasteiger partial charge in [-0.15, -0.1) is 0 Å². The smallest absolute Gasteiger partial charge is 0.311 e. The maximum Gasteiger partial charge on any atom is 0.311 e. The molecular weight excluding hydrogens is 300 g/mol. The third-order valence-electron chi connectivity index (χ3n) is 4.95. The van der Waals surface area contributed by atoms with Crippen LogP contribution in [-0.4, -0.2) is 18.2 Å². The maximum absolute atomic E-state index is 12.5. The van der Waals surface area contributed by atoms with Crippen LogP contribution >= 0.6 is 0 Å². The van der Waals surface area contributed by atoms with Gasteiger partial charge in [-0.1, -0.05) is 45.0 Å². The van der Waals surface area contributed by atoms with E-state index in [9.17, 15) is 4.79 Å². The van der Waals surface area contributed by atoms with E-state index in [1.54, 1.807) is 0 Å². The topological polar surface area (TPSA) is 35.5 Å². The zero-order valence-electron chi connectivity index (χ0n) is 15.3. The van der Waals surface area contributed by atoms with E-state index in [0.29, 0.717) is 13.0 Å². The van der Waals surface area contributed by atoms with Gasteiger partial charge in [0.1, 0.15) is 11.4 Å². The van der Waals surface area contributed by atoms with Crippen LogP contribution in [0.5, 0.6) is 0 Å². The van der Waals surface area contributed by atoms with Crippen molar-refractivity contribution in [1.82, 2.24) is 0 Å². The molecule has 1 spiro atoms. The number of aryl methyl sites for hydroxylation is 1. The highest BCUT2D eigenvalue weighted by Crippen LogP contribution is 2.48. The first-order chi connectivity index (χ1) is 11.3. The first kappa shape index (κ1) is 17.2. The third kappa shape index (κ3) is 3.41. The Hall–Kier alpha value is -1.61. The molecule has 1 heterocycles. The molecule has 3 rings (SSSR count). The molecule has 0 saturated heterocycles. The Kier molecular flexibility index (Phi) is 4.56. The molecule has 3 heteroatoms. The molecule has 0 amide bonds. The van der Waals surface area contributed by atoms with Crippen LogP contribution in [0.3, 0.4) is 0 Å². The molecule has 24 heavy (non-hydrogen) atoms. The van der Waals surface area contributed by atoms with Crippen LogP contribution in [-0.2, 0) is 14.3 Å².